The zero-order chi connectivity index (χ0) is 19.5. The van der Waals surface area contributed by atoms with E-state index in [0.717, 1.165) is 22.1 Å². The van der Waals surface area contributed by atoms with Crippen molar-refractivity contribution >= 4 is 34.0 Å². The van der Waals surface area contributed by atoms with Crippen molar-refractivity contribution in [3.05, 3.63) is 94.9 Å². The fraction of sp³-hybridized carbons (Fsp3) is 0.0870. The number of carbonyl (C=O) groups is 1. The van der Waals surface area contributed by atoms with Gasteiger partial charge in [-0.15, -0.1) is 0 Å². The molecule has 1 N–H and O–H groups in total. The number of amides is 1. The van der Waals surface area contributed by atoms with Gasteiger partial charge >= 0.3 is 0 Å². The van der Waals surface area contributed by atoms with Crippen molar-refractivity contribution in [1.82, 2.24) is 0 Å². The van der Waals surface area contributed by atoms with Gasteiger partial charge in [0.15, 0.2) is 5.76 Å². The molecule has 0 aliphatic rings. The first-order chi connectivity index (χ1) is 13.6. The summed E-state index contributed by atoms with van der Waals surface area (Å²) in [6.45, 7) is 2.08. The van der Waals surface area contributed by atoms with Crippen LogP contribution in [0.15, 0.2) is 77.2 Å². The van der Waals surface area contributed by atoms with Crippen molar-refractivity contribution in [3.8, 4) is 5.75 Å². The summed E-state index contributed by atoms with van der Waals surface area (Å²) >= 11 is 6.10. The molecule has 0 aliphatic carbocycles. The first kappa shape index (κ1) is 18.1. The lowest BCUT2D eigenvalue weighted by molar-refractivity contribution is 0.0992. The van der Waals surface area contributed by atoms with Gasteiger partial charge in [0.2, 0.25) is 0 Å². The summed E-state index contributed by atoms with van der Waals surface area (Å²) in [7, 11) is 0. The van der Waals surface area contributed by atoms with Crippen LogP contribution in [-0.4, -0.2) is 5.91 Å². The predicted octanol–water partition coefficient (Wildman–Crippen LogP) is 6.23. The molecular weight excluding hydrogens is 374 g/mol. The van der Waals surface area contributed by atoms with E-state index in [0.29, 0.717) is 16.5 Å². The smallest absolute Gasteiger partial charge is 0.291 e. The van der Waals surface area contributed by atoms with Crippen molar-refractivity contribution < 1.29 is 13.9 Å². The Balaban J connectivity index is 1.45. The molecule has 0 saturated carbocycles. The van der Waals surface area contributed by atoms with Crippen LogP contribution >= 0.6 is 11.6 Å². The molecule has 140 valence electrons. The first-order valence-corrected chi connectivity index (χ1v) is 9.25. The number of benzene rings is 3. The number of furan rings is 1. The van der Waals surface area contributed by atoms with Crippen LogP contribution in [-0.2, 0) is 6.61 Å². The minimum absolute atomic E-state index is 0.218. The molecule has 1 heterocycles. The lowest BCUT2D eigenvalue weighted by Gasteiger charge is -2.09. The van der Waals surface area contributed by atoms with Gasteiger partial charge in [0, 0.05) is 16.1 Å². The molecule has 0 spiro atoms. The van der Waals surface area contributed by atoms with Gasteiger partial charge in [0.1, 0.15) is 18.1 Å². The highest BCUT2D eigenvalue weighted by Crippen LogP contribution is 2.27. The molecule has 0 unspecified atom stereocenters. The van der Waals surface area contributed by atoms with Crippen molar-refractivity contribution in [2.45, 2.75) is 13.5 Å². The average molecular weight is 392 g/mol. The highest BCUT2D eigenvalue weighted by Gasteiger charge is 2.14. The fourth-order valence-corrected chi connectivity index (χ4v) is 3.15. The molecule has 0 fully saturated rings. The van der Waals surface area contributed by atoms with Gasteiger partial charge in [-0.1, -0.05) is 54.1 Å². The number of anilines is 1. The molecular formula is C23H18ClNO3. The molecule has 4 nitrogen and oxygen atoms in total. The number of ether oxygens (including phenoxy) is 1. The molecule has 4 rings (SSSR count). The summed E-state index contributed by atoms with van der Waals surface area (Å²) in [5.74, 6) is 1.23. The molecule has 1 amide bonds. The Bertz CT molecular complexity index is 1140. The van der Waals surface area contributed by atoms with Crippen molar-refractivity contribution in [2.24, 2.45) is 0 Å². The quantitative estimate of drug-likeness (QED) is 0.439. The van der Waals surface area contributed by atoms with Crippen LogP contribution in [0.25, 0.3) is 10.8 Å². The number of carbonyl (C=O) groups excluding carboxylic acids is 1. The number of rotatable bonds is 5. The van der Waals surface area contributed by atoms with Gasteiger partial charge in [-0.05, 0) is 48.2 Å². The summed E-state index contributed by atoms with van der Waals surface area (Å²) in [6, 6.07) is 22.7. The SMILES string of the molecule is Cc1c(Cl)cccc1NC(=O)c1ccc(COc2cccc3ccccc23)o1. The maximum Gasteiger partial charge on any atom is 0.291 e. The molecule has 0 saturated heterocycles. The minimum atomic E-state index is -0.332. The Kier molecular flexibility index (Phi) is 5.04. The summed E-state index contributed by atoms with van der Waals surface area (Å²) in [4.78, 5) is 12.5. The minimum Gasteiger partial charge on any atom is -0.485 e. The molecule has 0 atom stereocenters. The normalized spacial score (nSPS) is 10.8. The van der Waals surface area contributed by atoms with Crippen LogP contribution in [0.2, 0.25) is 5.02 Å². The number of halogens is 1. The number of fused-ring (bicyclic) bond motifs is 1. The largest absolute Gasteiger partial charge is 0.485 e. The van der Waals surface area contributed by atoms with E-state index in [4.69, 9.17) is 20.8 Å². The highest BCUT2D eigenvalue weighted by atomic mass is 35.5. The molecule has 0 aliphatic heterocycles. The predicted molar refractivity (Wildman–Crippen MR) is 111 cm³/mol. The molecule has 0 radical (unpaired) electrons. The fourth-order valence-electron chi connectivity index (χ4n) is 2.97. The Morgan fingerprint density at radius 3 is 2.68 bits per heavy atom. The van der Waals surface area contributed by atoms with Gasteiger partial charge in [-0.3, -0.25) is 4.79 Å². The third kappa shape index (κ3) is 3.73. The van der Waals surface area contributed by atoms with Crippen LogP contribution in [0.3, 0.4) is 0 Å². The lowest BCUT2D eigenvalue weighted by atomic mass is 10.1. The number of hydrogen-bond donors (Lipinski definition) is 1. The second-order valence-corrected chi connectivity index (χ2v) is 6.81. The molecule has 4 aromatic rings. The Hall–Kier alpha value is -3.24. The van der Waals surface area contributed by atoms with Crippen LogP contribution < -0.4 is 10.1 Å². The van der Waals surface area contributed by atoms with E-state index in [1.807, 2.05) is 49.4 Å². The third-order valence-corrected chi connectivity index (χ3v) is 4.93. The summed E-state index contributed by atoms with van der Waals surface area (Å²) in [6.07, 6.45) is 0. The monoisotopic (exact) mass is 391 g/mol. The summed E-state index contributed by atoms with van der Waals surface area (Å²) in [5, 5.41) is 5.56. The molecule has 5 heteroatoms. The van der Waals surface area contributed by atoms with E-state index in [1.165, 1.54) is 0 Å². The van der Waals surface area contributed by atoms with Gasteiger partial charge in [-0.25, -0.2) is 0 Å². The summed E-state index contributed by atoms with van der Waals surface area (Å²) < 4.78 is 11.6. The topological polar surface area (TPSA) is 51.5 Å². The lowest BCUT2D eigenvalue weighted by Crippen LogP contribution is -2.12. The maximum atomic E-state index is 12.5. The zero-order valence-electron chi connectivity index (χ0n) is 15.2. The van der Waals surface area contributed by atoms with Gasteiger partial charge in [0.05, 0.1) is 0 Å². The van der Waals surface area contributed by atoms with E-state index in [1.54, 1.807) is 30.3 Å². The van der Waals surface area contributed by atoms with Crippen molar-refractivity contribution in [1.29, 1.82) is 0 Å². The Morgan fingerprint density at radius 2 is 1.79 bits per heavy atom. The third-order valence-electron chi connectivity index (χ3n) is 4.52. The second-order valence-electron chi connectivity index (χ2n) is 6.40. The van der Waals surface area contributed by atoms with E-state index in [9.17, 15) is 4.79 Å². The van der Waals surface area contributed by atoms with Gasteiger partial charge < -0.3 is 14.5 Å². The average Bonchev–Trinajstić information content (AvgIpc) is 3.19. The van der Waals surface area contributed by atoms with Gasteiger partial charge in [0.25, 0.3) is 5.91 Å². The van der Waals surface area contributed by atoms with Crippen LogP contribution in [0, 0.1) is 6.92 Å². The number of nitrogens with one attached hydrogen (secondary N) is 1. The van der Waals surface area contributed by atoms with E-state index < -0.39 is 0 Å². The zero-order valence-corrected chi connectivity index (χ0v) is 16.0. The Morgan fingerprint density at radius 1 is 1.00 bits per heavy atom. The van der Waals surface area contributed by atoms with E-state index in [-0.39, 0.29) is 18.3 Å². The van der Waals surface area contributed by atoms with E-state index in [2.05, 4.69) is 5.32 Å². The van der Waals surface area contributed by atoms with Crippen LogP contribution in [0.5, 0.6) is 5.75 Å². The van der Waals surface area contributed by atoms with Gasteiger partial charge in [-0.2, -0.15) is 0 Å². The van der Waals surface area contributed by atoms with Crippen molar-refractivity contribution in [2.75, 3.05) is 5.32 Å². The highest BCUT2D eigenvalue weighted by molar-refractivity contribution is 6.31. The molecule has 28 heavy (non-hydrogen) atoms. The Labute approximate surface area is 167 Å². The standard InChI is InChI=1S/C23H18ClNO3/c1-15-19(24)9-5-10-20(15)25-23(26)22-13-12-17(28-22)14-27-21-11-4-7-16-6-2-3-8-18(16)21/h2-13H,14H2,1H3,(H,25,26). The van der Waals surface area contributed by atoms with E-state index >= 15 is 0 Å². The molecule has 1 aromatic heterocycles. The summed E-state index contributed by atoms with van der Waals surface area (Å²) in [5.41, 5.74) is 1.46. The second kappa shape index (κ2) is 7.79. The van der Waals surface area contributed by atoms with Crippen LogP contribution in [0.1, 0.15) is 21.9 Å². The van der Waals surface area contributed by atoms with Crippen LogP contribution in [0.4, 0.5) is 5.69 Å². The van der Waals surface area contributed by atoms with Crippen molar-refractivity contribution in [3.63, 3.8) is 0 Å². The molecule has 3 aromatic carbocycles. The maximum absolute atomic E-state index is 12.5. The first-order valence-electron chi connectivity index (χ1n) is 8.87. The molecule has 0 bridgehead atoms. The number of hydrogen-bond acceptors (Lipinski definition) is 3.